The summed E-state index contributed by atoms with van der Waals surface area (Å²) in [6.07, 6.45) is 0. The average molecular weight is 348 g/mol. The fourth-order valence-electron chi connectivity index (χ4n) is 3.01. The van der Waals surface area contributed by atoms with Crippen LogP contribution in [-0.4, -0.2) is 16.2 Å². The molecule has 0 aromatic heterocycles. The Kier molecular flexibility index (Phi) is 5.23. The van der Waals surface area contributed by atoms with Crippen LogP contribution >= 0.6 is 0 Å². The predicted octanol–water partition coefficient (Wildman–Crippen LogP) is 4.34. The summed E-state index contributed by atoms with van der Waals surface area (Å²) in [6.45, 7) is 1.58. The molecule has 0 heterocycles. The Hall–Kier alpha value is -3.27. The molecule has 0 amide bonds. The fraction of sp³-hybridized carbons (Fsp3) is 0.136. The third-order valence-electron chi connectivity index (χ3n) is 4.25. The van der Waals surface area contributed by atoms with Gasteiger partial charge in [-0.25, -0.2) is 0 Å². The molecule has 4 nitrogen and oxygen atoms in total. The Morgan fingerprint density at radius 1 is 0.846 bits per heavy atom. The normalized spacial score (nSPS) is 10.7. The first-order valence-corrected chi connectivity index (χ1v) is 8.33. The van der Waals surface area contributed by atoms with Crippen molar-refractivity contribution >= 4 is 5.97 Å². The SMILES string of the molecule is CC(=O)OCc1ccccc1C(c1ccc(O)cc1)c1ccc(O)cc1. The van der Waals surface area contributed by atoms with Gasteiger partial charge in [-0.15, -0.1) is 0 Å². The van der Waals surface area contributed by atoms with Crippen molar-refractivity contribution in [3.05, 3.63) is 95.1 Å². The Balaban J connectivity index is 2.10. The third kappa shape index (κ3) is 4.03. The number of hydrogen-bond acceptors (Lipinski definition) is 4. The van der Waals surface area contributed by atoms with Crippen LogP contribution in [0.5, 0.6) is 11.5 Å². The molecular weight excluding hydrogens is 328 g/mol. The first kappa shape index (κ1) is 17.5. The number of phenols is 2. The van der Waals surface area contributed by atoms with Gasteiger partial charge < -0.3 is 14.9 Å². The summed E-state index contributed by atoms with van der Waals surface area (Å²) in [4.78, 5) is 11.2. The lowest BCUT2D eigenvalue weighted by molar-refractivity contribution is -0.142. The molecule has 2 N–H and O–H groups in total. The van der Waals surface area contributed by atoms with E-state index in [4.69, 9.17) is 4.74 Å². The maximum Gasteiger partial charge on any atom is 0.302 e. The number of ether oxygens (including phenoxy) is 1. The lowest BCUT2D eigenvalue weighted by Crippen LogP contribution is -2.08. The van der Waals surface area contributed by atoms with Gasteiger partial charge in [0.05, 0.1) is 0 Å². The summed E-state index contributed by atoms with van der Waals surface area (Å²) >= 11 is 0. The topological polar surface area (TPSA) is 66.8 Å². The highest BCUT2D eigenvalue weighted by molar-refractivity contribution is 5.66. The van der Waals surface area contributed by atoms with Crippen molar-refractivity contribution in [1.82, 2.24) is 0 Å². The van der Waals surface area contributed by atoms with Crippen LogP contribution < -0.4 is 0 Å². The number of hydrogen-bond donors (Lipinski definition) is 2. The minimum atomic E-state index is -0.328. The molecular formula is C22H20O4. The van der Waals surface area contributed by atoms with Crippen LogP contribution in [0.4, 0.5) is 0 Å². The summed E-state index contributed by atoms with van der Waals surface area (Å²) in [5, 5.41) is 19.3. The molecule has 0 fully saturated rings. The zero-order valence-electron chi connectivity index (χ0n) is 14.4. The number of rotatable bonds is 5. The number of benzene rings is 3. The lowest BCUT2D eigenvalue weighted by atomic mass is 9.83. The molecule has 0 bridgehead atoms. The summed E-state index contributed by atoms with van der Waals surface area (Å²) in [6, 6.07) is 21.9. The van der Waals surface area contributed by atoms with Crippen LogP contribution in [0.1, 0.15) is 35.1 Å². The van der Waals surface area contributed by atoms with Crippen LogP contribution in [-0.2, 0) is 16.1 Å². The number of phenolic OH excluding ortho intramolecular Hbond substituents is 2. The largest absolute Gasteiger partial charge is 0.508 e. The van der Waals surface area contributed by atoms with E-state index in [0.29, 0.717) is 0 Å². The van der Waals surface area contributed by atoms with Crippen LogP contribution in [0.25, 0.3) is 0 Å². The molecule has 26 heavy (non-hydrogen) atoms. The van der Waals surface area contributed by atoms with E-state index in [1.807, 2.05) is 48.5 Å². The van der Waals surface area contributed by atoms with Crippen molar-refractivity contribution in [3.8, 4) is 11.5 Å². The van der Waals surface area contributed by atoms with Gasteiger partial charge in [0.25, 0.3) is 0 Å². The van der Waals surface area contributed by atoms with Crippen molar-refractivity contribution in [2.75, 3.05) is 0 Å². The molecule has 3 aromatic rings. The van der Waals surface area contributed by atoms with Crippen molar-refractivity contribution < 1.29 is 19.7 Å². The van der Waals surface area contributed by atoms with E-state index in [2.05, 4.69) is 0 Å². The van der Waals surface area contributed by atoms with E-state index in [-0.39, 0.29) is 30.0 Å². The zero-order valence-corrected chi connectivity index (χ0v) is 14.4. The Morgan fingerprint density at radius 2 is 1.35 bits per heavy atom. The van der Waals surface area contributed by atoms with Gasteiger partial charge in [-0.2, -0.15) is 0 Å². The van der Waals surface area contributed by atoms with E-state index >= 15 is 0 Å². The lowest BCUT2D eigenvalue weighted by Gasteiger charge is -2.22. The van der Waals surface area contributed by atoms with E-state index < -0.39 is 0 Å². The standard InChI is InChI=1S/C22H20O4/c1-15(23)26-14-18-4-2-3-5-21(18)22(16-6-10-19(24)11-7-16)17-8-12-20(25)13-9-17/h2-13,22,24-25H,14H2,1H3. The highest BCUT2D eigenvalue weighted by Gasteiger charge is 2.20. The van der Waals surface area contributed by atoms with Gasteiger partial charge in [0, 0.05) is 12.8 Å². The summed E-state index contributed by atoms with van der Waals surface area (Å²) < 4.78 is 5.21. The van der Waals surface area contributed by atoms with Gasteiger partial charge in [0.2, 0.25) is 0 Å². The van der Waals surface area contributed by atoms with Crippen molar-refractivity contribution in [2.24, 2.45) is 0 Å². The maximum atomic E-state index is 11.2. The second kappa shape index (κ2) is 7.74. The summed E-state index contributed by atoms with van der Waals surface area (Å²) in [5.74, 6) is -0.0496. The van der Waals surface area contributed by atoms with Crippen molar-refractivity contribution in [3.63, 3.8) is 0 Å². The molecule has 4 heteroatoms. The Morgan fingerprint density at radius 3 is 1.85 bits per heavy atom. The van der Waals surface area contributed by atoms with Gasteiger partial charge in [-0.3, -0.25) is 4.79 Å². The minimum absolute atomic E-state index is 0.122. The highest BCUT2D eigenvalue weighted by atomic mass is 16.5. The number of carbonyl (C=O) groups excluding carboxylic acids is 1. The number of esters is 1. The molecule has 0 atom stereocenters. The monoisotopic (exact) mass is 348 g/mol. The van der Waals surface area contributed by atoms with Gasteiger partial charge in [0.15, 0.2) is 0 Å². The number of carbonyl (C=O) groups is 1. The molecule has 0 saturated carbocycles. The molecule has 3 aromatic carbocycles. The molecule has 132 valence electrons. The van der Waals surface area contributed by atoms with E-state index in [0.717, 1.165) is 22.3 Å². The van der Waals surface area contributed by atoms with Crippen LogP contribution in [0.2, 0.25) is 0 Å². The quantitative estimate of drug-likeness (QED) is 0.532. The average Bonchev–Trinajstić information content (AvgIpc) is 2.64. The van der Waals surface area contributed by atoms with Gasteiger partial charge in [-0.05, 0) is 46.5 Å². The molecule has 0 aliphatic heterocycles. The van der Waals surface area contributed by atoms with E-state index in [9.17, 15) is 15.0 Å². The van der Waals surface area contributed by atoms with Gasteiger partial charge in [0.1, 0.15) is 18.1 Å². The molecule has 0 aliphatic carbocycles. The van der Waals surface area contributed by atoms with Crippen LogP contribution in [0.15, 0.2) is 72.8 Å². The van der Waals surface area contributed by atoms with Gasteiger partial charge >= 0.3 is 5.97 Å². The second-order valence-corrected chi connectivity index (χ2v) is 6.10. The first-order valence-electron chi connectivity index (χ1n) is 8.33. The Bertz CT molecular complexity index is 837. The first-order chi connectivity index (χ1) is 12.5. The Labute approximate surface area is 152 Å². The molecule has 0 radical (unpaired) electrons. The highest BCUT2D eigenvalue weighted by Crippen LogP contribution is 2.35. The number of aromatic hydroxyl groups is 2. The summed E-state index contributed by atoms with van der Waals surface area (Å²) in [7, 11) is 0. The predicted molar refractivity (Wildman–Crippen MR) is 99.1 cm³/mol. The van der Waals surface area contributed by atoms with Gasteiger partial charge in [-0.1, -0.05) is 48.5 Å². The van der Waals surface area contributed by atoms with E-state index in [1.165, 1.54) is 6.92 Å². The maximum absolute atomic E-state index is 11.2. The molecule has 0 saturated heterocycles. The van der Waals surface area contributed by atoms with Crippen LogP contribution in [0, 0.1) is 0 Å². The zero-order chi connectivity index (χ0) is 18.5. The van der Waals surface area contributed by atoms with E-state index in [1.54, 1.807) is 24.3 Å². The molecule has 3 rings (SSSR count). The molecule has 0 aliphatic rings. The molecule has 0 unspecified atom stereocenters. The van der Waals surface area contributed by atoms with Crippen molar-refractivity contribution in [1.29, 1.82) is 0 Å². The minimum Gasteiger partial charge on any atom is -0.508 e. The smallest absolute Gasteiger partial charge is 0.302 e. The summed E-state index contributed by atoms with van der Waals surface area (Å²) in [5.41, 5.74) is 3.89. The van der Waals surface area contributed by atoms with Crippen LogP contribution in [0.3, 0.4) is 0 Å². The second-order valence-electron chi connectivity index (χ2n) is 6.10. The molecule has 0 spiro atoms. The third-order valence-corrected chi connectivity index (χ3v) is 4.25. The van der Waals surface area contributed by atoms with Crippen molar-refractivity contribution in [2.45, 2.75) is 19.4 Å². The fourth-order valence-corrected chi connectivity index (χ4v) is 3.01.